The predicted octanol–water partition coefficient (Wildman–Crippen LogP) is 4.05. The van der Waals surface area contributed by atoms with Crippen LogP contribution >= 0.6 is 0 Å². The summed E-state index contributed by atoms with van der Waals surface area (Å²) in [6, 6.07) is 9.96. The molecular formula is C15H12F3NO3. The van der Waals surface area contributed by atoms with Crippen LogP contribution in [-0.2, 0) is 0 Å². The van der Waals surface area contributed by atoms with Crippen molar-refractivity contribution in [1.29, 1.82) is 0 Å². The Balaban J connectivity index is 2.14. The van der Waals surface area contributed by atoms with Crippen LogP contribution < -0.4 is 9.47 Å². The molecule has 2 aromatic carbocycles. The minimum absolute atomic E-state index is 0.0641. The number of alkyl halides is 3. The molecule has 4 nitrogen and oxygen atoms in total. The molecule has 0 saturated carbocycles. The zero-order valence-electron chi connectivity index (χ0n) is 11.5. The number of hydrogen-bond donors (Lipinski definition) is 1. The summed E-state index contributed by atoms with van der Waals surface area (Å²) in [4.78, 5) is 4.07. The van der Waals surface area contributed by atoms with Gasteiger partial charge < -0.3 is 14.6 Å². The van der Waals surface area contributed by atoms with Gasteiger partial charge in [-0.3, -0.25) is 4.99 Å². The lowest BCUT2D eigenvalue weighted by Crippen LogP contribution is -2.16. The van der Waals surface area contributed by atoms with E-state index in [9.17, 15) is 18.3 Å². The second kappa shape index (κ2) is 6.38. The standard InChI is InChI=1S/C15H12F3NO3/c1-21-13-4-2-3-10(14(13)20)9-19-11-5-7-12(8-6-11)22-15(16,17)18/h2-9,20H,1H3. The van der Waals surface area contributed by atoms with Crippen molar-refractivity contribution in [2.45, 2.75) is 6.36 Å². The fourth-order valence-corrected chi connectivity index (χ4v) is 1.69. The van der Waals surface area contributed by atoms with Crippen LogP contribution in [0.5, 0.6) is 17.2 Å². The normalized spacial score (nSPS) is 11.6. The predicted molar refractivity (Wildman–Crippen MR) is 75.0 cm³/mol. The van der Waals surface area contributed by atoms with E-state index in [1.165, 1.54) is 25.5 Å². The van der Waals surface area contributed by atoms with Crippen LogP contribution in [0.15, 0.2) is 47.5 Å². The lowest BCUT2D eigenvalue weighted by molar-refractivity contribution is -0.274. The molecule has 0 aliphatic heterocycles. The van der Waals surface area contributed by atoms with Gasteiger partial charge in [0.25, 0.3) is 0 Å². The van der Waals surface area contributed by atoms with Crippen molar-refractivity contribution in [2.24, 2.45) is 4.99 Å². The maximum absolute atomic E-state index is 12.0. The largest absolute Gasteiger partial charge is 0.573 e. The first kappa shape index (κ1) is 15.7. The van der Waals surface area contributed by atoms with Gasteiger partial charge in [0.2, 0.25) is 0 Å². The molecule has 116 valence electrons. The number of hydrogen-bond acceptors (Lipinski definition) is 4. The average Bonchev–Trinajstić information content (AvgIpc) is 2.46. The van der Waals surface area contributed by atoms with Gasteiger partial charge in [-0.15, -0.1) is 13.2 Å². The Bertz CT molecular complexity index is 667. The number of benzene rings is 2. The van der Waals surface area contributed by atoms with E-state index in [0.717, 1.165) is 12.1 Å². The van der Waals surface area contributed by atoms with Crippen molar-refractivity contribution in [3.8, 4) is 17.2 Å². The van der Waals surface area contributed by atoms with E-state index >= 15 is 0 Å². The molecule has 1 N–H and O–H groups in total. The molecule has 0 aromatic heterocycles. The molecule has 0 aliphatic rings. The van der Waals surface area contributed by atoms with Gasteiger partial charge in [-0.25, -0.2) is 0 Å². The summed E-state index contributed by atoms with van der Waals surface area (Å²) in [6.45, 7) is 0. The van der Waals surface area contributed by atoms with E-state index in [1.807, 2.05) is 0 Å². The van der Waals surface area contributed by atoms with Gasteiger partial charge in [-0.1, -0.05) is 6.07 Å². The molecule has 0 atom stereocenters. The average molecular weight is 311 g/mol. The Kier molecular flexibility index (Phi) is 4.55. The third-order valence-corrected chi connectivity index (χ3v) is 2.67. The second-order valence-corrected chi connectivity index (χ2v) is 4.20. The Morgan fingerprint density at radius 3 is 2.36 bits per heavy atom. The number of halogens is 3. The molecule has 0 saturated heterocycles. The van der Waals surface area contributed by atoms with Crippen molar-refractivity contribution in [3.05, 3.63) is 48.0 Å². The fraction of sp³-hybridized carbons (Fsp3) is 0.133. The van der Waals surface area contributed by atoms with Gasteiger partial charge in [0.05, 0.1) is 12.8 Å². The minimum atomic E-state index is -4.73. The third kappa shape index (κ3) is 4.15. The first-order chi connectivity index (χ1) is 10.4. The van der Waals surface area contributed by atoms with Crippen LogP contribution in [0.1, 0.15) is 5.56 Å². The number of phenols is 1. The molecular weight excluding hydrogens is 299 g/mol. The van der Waals surface area contributed by atoms with Gasteiger partial charge in [0.1, 0.15) is 5.75 Å². The number of phenolic OH excluding ortho intramolecular Hbond substituents is 1. The van der Waals surface area contributed by atoms with Gasteiger partial charge in [0, 0.05) is 11.8 Å². The molecule has 0 amide bonds. The van der Waals surface area contributed by atoms with Gasteiger partial charge in [-0.2, -0.15) is 0 Å². The van der Waals surface area contributed by atoms with Crippen LogP contribution in [0, 0.1) is 0 Å². The van der Waals surface area contributed by atoms with Crippen molar-refractivity contribution in [1.82, 2.24) is 0 Å². The number of aromatic hydroxyl groups is 1. The summed E-state index contributed by atoms with van der Waals surface area (Å²) in [7, 11) is 1.43. The van der Waals surface area contributed by atoms with Crippen LogP contribution in [0.3, 0.4) is 0 Å². The zero-order valence-corrected chi connectivity index (χ0v) is 11.5. The number of ether oxygens (including phenoxy) is 2. The Hall–Kier alpha value is -2.70. The maximum Gasteiger partial charge on any atom is 0.573 e. The summed E-state index contributed by atoms with van der Waals surface area (Å²) in [5.41, 5.74) is 0.840. The van der Waals surface area contributed by atoms with Crippen molar-refractivity contribution in [2.75, 3.05) is 7.11 Å². The molecule has 0 bridgehead atoms. The fourth-order valence-electron chi connectivity index (χ4n) is 1.69. The first-order valence-electron chi connectivity index (χ1n) is 6.15. The van der Waals surface area contributed by atoms with Crippen molar-refractivity contribution < 1.29 is 27.8 Å². The Morgan fingerprint density at radius 2 is 1.77 bits per heavy atom. The molecule has 0 spiro atoms. The number of para-hydroxylation sites is 1. The topological polar surface area (TPSA) is 51.0 Å². The molecule has 0 heterocycles. The van der Waals surface area contributed by atoms with Gasteiger partial charge in [-0.05, 0) is 36.4 Å². The highest BCUT2D eigenvalue weighted by Crippen LogP contribution is 2.29. The van der Waals surface area contributed by atoms with E-state index in [1.54, 1.807) is 18.2 Å². The number of methoxy groups -OCH3 is 1. The summed E-state index contributed by atoms with van der Waals surface area (Å²) in [6.07, 6.45) is -3.34. The molecule has 2 rings (SSSR count). The summed E-state index contributed by atoms with van der Waals surface area (Å²) in [5.74, 6) is -0.0840. The van der Waals surface area contributed by atoms with Crippen LogP contribution in [-0.4, -0.2) is 24.8 Å². The lowest BCUT2D eigenvalue weighted by atomic mass is 10.2. The molecule has 2 aromatic rings. The molecule has 0 aliphatic carbocycles. The Labute approximate surface area is 124 Å². The molecule has 22 heavy (non-hydrogen) atoms. The van der Waals surface area contributed by atoms with E-state index in [4.69, 9.17) is 4.74 Å². The zero-order chi connectivity index (χ0) is 16.2. The summed E-state index contributed by atoms with van der Waals surface area (Å²) >= 11 is 0. The molecule has 0 unspecified atom stereocenters. The molecule has 0 fully saturated rings. The number of nitrogens with zero attached hydrogens (tertiary/aromatic N) is 1. The summed E-state index contributed by atoms with van der Waals surface area (Å²) < 4.78 is 44.8. The van der Waals surface area contributed by atoms with Crippen LogP contribution in [0.4, 0.5) is 18.9 Å². The van der Waals surface area contributed by atoms with E-state index in [-0.39, 0.29) is 11.5 Å². The number of rotatable bonds is 4. The molecule has 7 heteroatoms. The highest BCUT2D eigenvalue weighted by molar-refractivity contribution is 5.86. The van der Waals surface area contributed by atoms with Crippen molar-refractivity contribution in [3.63, 3.8) is 0 Å². The monoisotopic (exact) mass is 311 g/mol. The van der Waals surface area contributed by atoms with Gasteiger partial charge >= 0.3 is 6.36 Å². The number of aliphatic imine (C=N–C) groups is 1. The SMILES string of the molecule is COc1cccc(C=Nc2ccc(OC(F)(F)F)cc2)c1O. The highest BCUT2D eigenvalue weighted by Gasteiger charge is 2.30. The van der Waals surface area contributed by atoms with E-state index in [2.05, 4.69) is 9.73 Å². The quantitative estimate of drug-likeness (QED) is 0.867. The van der Waals surface area contributed by atoms with E-state index < -0.39 is 6.36 Å². The maximum atomic E-state index is 12.0. The first-order valence-corrected chi connectivity index (χ1v) is 6.15. The highest BCUT2D eigenvalue weighted by atomic mass is 19.4. The van der Waals surface area contributed by atoms with E-state index in [0.29, 0.717) is 17.0 Å². The lowest BCUT2D eigenvalue weighted by Gasteiger charge is -2.08. The molecule has 0 radical (unpaired) electrons. The van der Waals surface area contributed by atoms with Crippen molar-refractivity contribution >= 4 is 11.9 Å². The third-order valence-electron chi connectivity index (χ3n) is 2.67. The van der Waals surface area contributed by atoms with Gasteiger partial charge in [0.15, 0.2) is 11.5 Å². The summed E-state index contributed by atoms with van der Waals surface area (Å²) in [5, 5.41) is 9.88. The van der Waals surface area contributed by atoms with Crippen LogP contribution in [0.25, 0.3) is 0 Å². The second-order valence-electron chi connectivity index (χ2n) is 4.20. The minimum Gasteiger partial charge on any atom is -0.504 e. The smallest absolute Gasteiger partial charge is 0.504 e. The van der Waals surface area contributed by atoms with Crippen LogP contribution in [0.2, 0.25) is 0 Å². The Morgan fingerprint density at radius 1 is 1.09 bits per heavy atom.